The van der Waals surface area contributed by atoms with Crippen LogP contribution in [-0.4, -0.2) is 23.2 Å². The second-order valence-electron chi connectivity index (χ2n) is 4.88. The van der Waals surface area contributed by atoms with E-state index in [2.05, 4.69) is 15.5 Å². The predicted molar refractivity (Wildman–Crippen MR) is 81.9 cm³/mol. The molecule has 2 aromatic heterocycles. The third kappa shape index (κ3) is 3.60. The summed E-state index contributed by atoms with van der Waals surface area (Å²) >= 11 is 0. The topological polar surface area (TPSA) is 90.4 Å². The number of carbonyl (C=O) groups excluding carboxylic acids is 1. The zero-order chi connectivity index (χ0) is 16.9. The lowest BCUT2D eigenvalue weighted by Gasteiger charge is -2.09. The highest BCUT2D eigenvalue weighted by atomic mass is 19.1. The Morgan fingerprint density at radius 3 is 3.00 bits per heavy atom. The van der Waals surface area contributed by atoms with Crippen LogP contribution in [0.25, 0.3) is 11.6 Å². The maximum Gasteiger partial charge on any atom is 0.238 e. The molecule has 3 aromatic rings. The monoisotopic (exact) mass is 331 g/mol. The van der Waals surface area contributed by atoms with Gasteiger partial charge in [-0.1, -0.05) is 5.16 Å². The van der Waals surface area contributed by atoms with E-state index in [1.807, 2.05) is 0 Å². The molecular formula is C16H14FN3O4. The molecule has 1 amide bonds. The van der Waals surface area contributed by atoms with Gasteiger partial charge in [-0.15, -0.1) is 0 Å². The minimum Gasteiger partial charge on any atom is -0.494 e. The minimum atomic E-state index is -0.443. The summed E-state index contributed by atoms with van der Waals surface area (Å²) in [6.45, 7) is 0. The number of nitrogens with zero attached hydrogens (tertiary/aromatic N) is 2. The maximum atomic E-state index is 13.1. The Morgan fingerprint density at radius 2 is 2.25 bits per heavy atom. The lowest BCUT2D eigenvalue weighted by Crippen LogP contribution is -2.13. The van der Waals surface area contributed by atoms with Crippen molar-refractivity contribution in [3.63, 3.8) is 0 Å². The Morgan fingerprint density at radius 1 is 1.38 bits per heavy atom. The number of nitrogens with one attached hydrogen (secondary N) is 1. The van der Waals surface area contributed by atoms with Crippen LogP contribution >= 0.6 is 0 Å². The average molecular weight is 331 g/mol. The molecule has 124 valence electrons. The summed E-state index contributed by atoms with van der Waals surface area (Å²) in [5.41, 5.74) is 0.394. The summed E-state index contributed by atoms with van der Waals surface area (Å²) in [5, 5.41) is 6.44. The largest absolute Gasteiger partial charge is 0.494 e. The number of aryl methyl sites for hydroxylation is 1. The fraction of sp³-hybridized carbons (Fsp3) is 0.188. The Kier molecular flexibility index (Phi) is 4.55. The predicted octanol–water partition coefficient (Wildman–Crippen LogP) is 3.05. The van der Waals surface area contributed by atoms with Crippen LogP contribution in [0.4, 0.5) is 10.1 Å². The van der Waals surface area contributed by atoms with Crippen LogP contribution in [0, 0.1) is 5.82 Å². The van der Waals surface area contributed by atoms with Gasteiger partial charge in [0, 0.05) is 18.9 Å². The van der Waals surface area contributed by atoms with Crippen molar-refractivity contribution in [3.8, 4) is 17.3 Å². The number of anilines is 1. The van der Waals surface area contributed by atoms with E-state index in [1.165, 1.54) is 31.6 Å². The van der Waals surface area contributed by atoms with E-state index < -0.39 is 5.82 Å². The van der Waals surface area contributed by atoms with Gasteiger partial charge in [0.05, 0.1) is 19.1 Å². The van der Waals surface area contributed by atoms with Crippen LogP contribution < -0.4 is 10.1 Å². The molecule has 24 heavy (non-hydrogen) atoms. The molecule has 0 aliphatic heterocycles. The standard InChI is InChI=1S/C16H14FN3O4/c1-22-13-9-10(17)4-5-11(13)18-14(21)6-7-15-19-16(20-24-15)12-3-2-8-23-12/h2-5,8-9H,6-7H2,1H3,(H,18,21). The molecule has 0 aliphatic carbocycles. The number of aromatic nitrogens is 2. The van der Waals surface area contributed by atoms with Gasteiger partial charge < -0.3 is 19.0 Å². The Hall–Kier alpha value is -3.16. The summed E-state index contributed by atoms with van der Waals surface area (Å²) < 4.78 is 28.4. The summed E-state index contributed by atoms with van der Waals surface area (Å²) in [6, 6.07) is 7.31. The normalized spacial score (nSPS) is 10.6. The molecule has 0 bridgehead atoms. The summed E-state index contributed by atoms with van der Waals surface area (Å²) in [4.78, 5) is 16.2. The fourth-order valence-electron chi connectivity index (χ4n) is 2.06. The molecule has 0 saturated carbocycles. The van der Waals surface area contributed by atoms with E-state index in [-0.39, 0.29) is 24.5 Å². The van der Waals surface area contributed by atoms with Crippen LogP contribution in [-0.2, 0) is 11.2 Å². The van der Waals surface area contributed by atoms with E-state index in [0.29, 0.717) is 23.2 Å². The van der Waals surface area contributed by atoms with Crippen LogP contribution in [0.15, 0.2) is 45.5 Å². The smallest absolute Gasteiger partial charge is 0.238 e. The van der Waals surface area contributed by atoms with Crippen molar-refractivity contribution >= 4 is 11.6 Å². The third-order valence-electron chi connectivity index (χ3n) is 3.21. The first-order valence-electron chi connectivity index (χ1n) is 7.15. The number of hydrogen-bond donors (Lipinski definition) is 1. The van der Waals surface area contributed by atoms with Crippen LogP contribution in [0.2, 0.25) is 0 Å². The molecule has 8 heteroatoms. The highest BCUT2D eigenvalue weighted by Gasteiger charge is 2.13. The number of rotatable bonds is 6. The lowest BCUT2D eigenvalue weighted by molar-refractivity contribution is -0.116. The summed E-state index contributed by atoms with van der Waals surface area (Å²) in [7, 11) is 1.40. The van der Waals surface area contributed by atoms with Gasteiger partial charge in [-0.3, -0.25) is 4.79 Å². The molecule has 0 saturated heterocycles. The first-order chi connectivity index (χ1) is 11.7. The van der Waals surface area contributed by atoms with E-state index >= 15 is 0 Å². The molecule has 0 radical (unpaired) electrons. The van der Waals surface area contributed by atoms with Gasteiger partial charge in [0.25, 0.3) is 0 Å². The Bertz CT molecular complexity index is 830. The summed E-state index contributed by atoms with van der Waals surface area (Å²) in [5.74, 6) is 0.670. The summed E-state index contributed by atoms with van der Waals surface area (Å²) in [6.07, 6.45) is 1.90. The zero-order valence-electron chi connectivity index (χ0n) is 12.8. The van der Waals surface area contributed by atoms with Gasteiger partial charge in [-0.05, 0) is 24.3 Å². The number of benzene rings is 1. The molecule has 1 N–H and O–H groups in total. The van der Waals surface area contributed by atoms with Crippen LogP contribution in [0.3, 0.4) is 0 Å². The molecule has 3 rings (SSSR count). The molecule has 0 spiro atoms. The number of halogens is 1. The fourth-order valence-corrected chi connectivity index (χ4v) is 2.06. The van der Waals surface area contributed by atoms with E-state index in [1.54, 1.807) is 12.1 Å². The highest BCUT2D eigenvalue weighted by molar-refractivity contribution is 5.92. The Balaban J connectivity index is 1.58. The number of amides is 1. The molecule has 0 aliphatic rings. The van der Waals surface area contributed by atoms with E-state index in [9.17, 15) is 9.18 Å². The molecule has 1 aromatic carbocycles. The van der Waals surface area contributed by atoms with Crippen LogP contribution in [0.1, 0.15) is 12.3 Å². The average Bonchev–Trinajstić information content (AvgIpc) is 3.25. The van der Waals surface area contributed by atoms with Crippen molar-refractivity contribution in [2.45, 2.75) is 12.8 Å². The molecule has 0 atom stereocenters. The van der Waals surface area contributed by atoms with Crippen molar-refractivity contribution in [2.75, 3.05) is 12.4 Å². The SMILES string of the molecule is COc1cc(F)ccc1NC(=O)CCc1nc(-c2ccco2)no1. The molecule has 2 heterocycles. The quantitative estimate of drug-likeness (QED) is 0.746. The number of furan rings is 1. The van der Waals surface area contributed by atoms with Gasteiger partial charge in [0.1, 0.15) is 11.6 Å². The van der Waals surface area contributed by atoms with Gasteiger partial charge in [-0.2, -0.15) is 4.98 Å². The number of ether oxygens (including phenoxy) is 1. The second-order valence-corrected chi connectivity index (χ2v) is 4.88. The first kappa shape index (κ1) is 15.7. The highest BCUT2D eigenvalue weighted by Crippen LogP contribution is 2.25. The number of hydrogen-bond acceptors (Lipinski definition) is 6. The minimum absolute atomic E-state index is 0.125. The lowest BCUT2D eigenvalue weighted by atomic mass is 10.2. The molecular weight excluding hydrogens is 317 g/mol. The van der Waals surface area contributed by atoms with Crippen molar-refractivity contribution in [1.29, 1.82) is 0 Å². The van der Waals surface area contributed by atoms with E-state index in [4.69, 9.17) is 13.7 Å². The number of methoxy groups -OCH3 is 1. The van der Waals surface area contributed by atoms with Crippen molar-refractivity contribution in [3.05, 3.63) is 48.3 Å². The second kappa shape index (κ2) is 6.95. The van der Waals surface area contributed by atoms with Crippen molar-refractivity contribution in [1.82, 2.24) is 10.1 Å². The molecule has 7 nitrogen and oxygen atoms in total. The Labute approximate surface area is 136 Å². The molecule has 0 unspecified atom stereocenters. The van der Waals surface area contributed by atoms with Gasteiger partial charge >= 0.3 is 0 Å². The van der Waals surface area contributed by atoms with E-state index in [0.717, 1.165) is 0 Å². The zero-order valence-corrected chi connectivity index (χ0v) is 12.8. The van der Waals surface area contributed by atoms with Gasteiger partial charge in [0.15, 0.2) is 5.76 Å². The van der Waals surface area contributed by atoms with Gasteiger partial charge in [-0.25, -0.2) is 4.39 Å². The molecule has 0 fully saturated rings. The van der Waals surface area contributed by atoms with Crippen LogP contribution in [0.5, 0.6) is 5.75 Å². The maximum absolute atomic E-state index is 13.1. The van der Waals surface area contributed by atoms with Crippen molar-refractivity contribution in [2.24, 2.45) is 0 Å². The number of carbonyl (C=O) groups is 1. The third-order valence-corrected chi connectivity index (χ3v) is 3.21. The first-order valence-corrected chi connectivity index (χ1v) is 7.15. The van der Waals surface area contributed by atoms with Crippen molar-refractivity contribution < 1.29 is 22.9 Å². The van der Waals surface area contributed by atoms with Gasteiger partial charge in [0.2, 0.25) is 17.6 Å².